The summed E-state index contributed by atoms with van der Waals surface area (Å²) in [6.07, 6.45) is 4.40. The van der Waals surface area contributed by atoms with E-state index in [4.69, 9.17) is 0 Å². The van der Waals surface area contributed by atoms with Crippen LogP contribution in [0.4, 0.5) is 16.2 Å². The molecule has 2 aromatic rings. The van der Waals surface area contributed by atoms with E-state index in [1.54, 1.807) is 0 Å². The van der Waals surface area contributed by atoms with Gasteiger partial charge in [-0.05, 0) is 55.9 Å². The number of nitrogens with zero attached hydrogens (tertiary/aromatic N) is 1. The van der Waals surface area contributed by atoms with Crippen molar-refractivity contribution in [2.24, 2.45) is 0 Å². The molecule has 1 saturated heterocycles. The van der Waals surface area contributed by atoms with E-state index in [2.05, 4.69) is 22.8 Å². The van der Waals surface area contributed by atoms with Gasteiger partial charge in [-0.25, -0.2) is 4.79 Å². The highest BCUT2D eigenvalue weighted by Crippen LogP contribution is 2.27. The van der Waals surface area contributed by atoms with Crippen LogP contribution in [0.15, 0.2) is 48.5 Å². The summed E-state index contributed by atoms with van der Waals surface area (Å²) in [6, 6.07) is 15.7. The fraction of sp³-hybridized carbons (Fsp3) is 0.364. The lowest BCUT2D eigenvalue weighted by atomic mass is 10.1. The number of benzene rings is 2. The highest BCUT2D eigenvalue weighted by atomic mass is 16.2. The van der Waals surface area contributed by atoms with Crippen LogP contribution in [0.3, 0.4) is 0 Å². The molecule has 3 rings (SSSR count). The molecule has 2 aromatic carbocycles. The summed E-state index contributed by atoms with van der Waals surface area (Å²) >= 11 is 0. The lowest BCUT2D eigenvalue weighted by molar-refractivity contribution is -0.119. The van der Waals surface area contributed by atoms with E-state index in [0.29, 0.717) is 18.7 Å². The van der Waals surface area contributed by atoms with Gasteiger partial charge >= 0.3 is 6.03 Å². The number of amides is 3. The zero-order valence-electron chi connectivity index (χ0n) is 15.8. The molecule has 5 heteroatoms. The van der Waals surface area contributed by atoms with E-state index in [-0.39, 0.29) is 11.9 Å². The van der Waals surface area contributed by atoms with Gasteiger partial charge in [0, 0.05) is 30.9 Å². The van der Waals surface area contributed by atoms with Crippen LogP contribution in [-0.4, -0.2) is 25.0 Å². The maximum atomic E-state index is 12.2. The van der Waals surface area contributed by atoms with E-state index in [0.717, 1.165) is 43.5 Å². The predicted molar refractivity (Wildman–Crippen MR) is 109 cm³/mol. The minimum Gasteiger partial charge on any atom is -0.338 e. The van der Waals surface area contributed by atoms with Crippen LogP contribution in [0.5, 0.6) is 0 Å². The summed E-state index contributed by atoms with van der Waals surface area (Å²) < 4.78 is 0. The SMILES string of the molecule is Cc1ccc(NC(=O)NCCCc2ccccc2)cc1N1CCCCC1=O. The molecule has 0 unspecified atom stereocenters. The summed E-state index contributed by atoms with van der Waals surface area (Å²) in [5.74, 6) is 0.159. The quantitative estimate of drug-likeness (QED) is 0.751. The molecular weight excluding hydrogens is 338 g/mol. The van der Waals surface area contributed by atoms with E-state index in [9.17, 15) is 9.59 Å². The highest BCUT2D eigenvalue weighted by molar-refractivity contribution is 5.96. The third-order valence-corrected chi connectivity index (χ3v) is 4.85. The number of carbonyl (C=O) groups excluding carboxylic acids is 2. The molecule has 0 spiro atoms. The lowest BCUT2D eigenvalue weighted by Gasteiger charge is -2.28. The van der Waals surface area contributed by atoms with Crippen LogP contribution in [0.1, 0.15) is 36.8 Å². The zero-order valence-corrected chi connectivity index (χ0v) is 15.8. The standard InChI is InChI=1S/C22H27N3O2/c1-17-12-13-19(16-20(17)25-15-6-5-11-21(25)26)24-22(27)23-14-7-10-18-8-3-2-4-9-18/h2-4,8-9,12-13,16H,5-7,10-11,14-15H2,1H3,(H2,23,24,27). The van der Waals surface area contributed by atoms with Gasteiger partial charge in [-0.1, -0.05) is 36.4 Å². The number of piperidine rings is 1. The smallest absolute Gasteiger partial charge is 0.319 e. The number of rotatable bonds is 6. The summed E-state index contributed by atoms with van der Waals surface area (Å²) in [7, 11) is 0. The van der Waals surface area contributed by atoms with Gasteiger partial charge in [-0.2, -0.15) is 0 Å². The number of anilines is 2. The van der Waals surface area contributed by atoms with Gasteiger partial charge in [0.1, 0.15) is 0 Å². The molecule has 0 aliphatic carbocycles. The van der Waals surface area contributed by atoms with Crippen molar-refractivity contribution in [3.8, 4) is 0 Å². The monoisotopic (exact) mass is 365 g/mol. The number of hydrogen-bond acceptors (Lipinski definition) is 2. The molecule has 3 amide bonds. The molecule has 0 aromatic heterocycles. The van der Waals surface area contributed by atoms with E-state index < -0.39 is 0 Å². The Kier molecular flexibility index (Phi) is 6.47. The van der Waals surface area contributed by atoms with Crippen molar-refractivity contribution < 1.29 is 9.59 Å². The first kappa shape index (κ1) is 19.0. The first-order valence-corrected chi connectivity index (χ1v) is 9.63. The number of nitrogens with one attached hydrogen (secondary N) is 2. The maximum Gasteiger partial charge on any atom is 0.319 e. The Morgan fingerprint density at radius 2 is 1.93 bits per heavy atom. The Morgan fingerprint density at radius 1 is 1.11 bits per heavy atom. The fourth-order valence-electron chi connectivity index (χ4n) is 3.35. The first-order valence-electron chi connectivity index (χ1n) is 9.63. The van der Waals surface area contributed by atoms with Crippen molar-refractivity contribution in [1.82, 2.24) is 5.32 Å². The summed E-state index contributed by atoms with van der Waals surface area (Å²) in [5, 5.41) is 5.77. The summed E-state index contributed by atoms with van der Waals surface area (Å²) in [5.41, 5.74) is 3.91. The molecule has 2 N–H and O–H groups in total. The third-order valence-electron chi connectivity index (χ3n) is 4.85. The van der Waals surface area contributed by atoms with Crippen molar-refractivity contribution in [3.05, 3.63) is 59.7 Å². The van der Waals surface area contributed by atoms with Crippen molar-refractivity contribution in [1.29, 1.82) is 0 Å². The Labute approximate surface area is 160 Å². The van der Waals surface area contributed by atoms with Crippen molar-refractivity contribution >= 4 is 23.3 Å². The van der Waals surface area contributed by atoms with Crippen molar-refractivity contribution in [3.63, 3.8) is 0 Å². The molecule has 0 atom stereocenters. The number of aryl methyl sites for hydroxylation is 2. The van der Waals surface area contributed by atoms with E-state index >= 15 is 0 Å². The van der Waals surface area contributed by atoms with Gasteiger partial charge in [0.05, 0.1) is 0 Å². The van der Waals surface area contributed by atoms with Gasteiger partial charge < -0.3 is 15.5 Å². The van der Waals surface area contributed by atoms with Gasteiger partial charge in [0.2, 0.25) is 5.91 Å². The van der Waals surface area contributed by atoms with Gasteiger partial charge in [-0.15, -0.1) is 0 Å². The van der Waals surface area contributed by atoms with E-state index in [1.165, 1.54) is 5.56 Å². The Hall–Kier alpha value is -2.82. The average molecular weight is 365 g/mol. The number of urea groups is 1. The first-order chi connectivity index (χ1) is 13.1. The zero-order chi connectivity index (χ0) is 19.1. The molecule has 1 heterocycles. The molecule has 1 aliphatic rings. The molecule has 0 bridgehead atoms. The van der Waals surface area contributed by atoms with Crippen molar-refractivity contribution in [2.75, 3.05) is 23.3 Å². The second kappa shape index (κ2) is 9.21. The van der Waals surface area contributed by atoms with Crippen LogP contribution in [0, 0.1) is 6.92 Å². The fourth-order valence-corrected chi connectivity index (χ4v) is 3.35. The largest absolute Gasteiger partial charge is 0.338 e. The average Bonchev–Trinajstić information content (AvgIpc) is 2.68. The van der Waals surface area contributed by atoms with Crippen molar-refractivity contribution in [2.45, 2.75) is 39.0 Å². The minimum absolute atomic E-state index is 0.159. The highest BCUT2D eigenvalue weighted by Gasteiger charge is 2.21. The summed E-state index contributed by atoms with van der Waals surface area (Å²) in [6.45, 7) is 3.35. The Balaban J connectivity index is 1.51. The van der Waals surface area contributed by atoms with Crippen LogP contribution >= 0.6 is 0 Å². The molecule has 5 nitrogen and oxygen atoms in total. The number of hydrogen-bond donors (Lipinski definition) is 2. The molecule has 142 valence electrons. The minimum atomic E-state index is -0.220. The molecule has 0 saturated carbocycles. The van der Waals surface area contributed by atoms with Gasteiger partial charge in [0.15, 0.2) is 0 Å². The molecule has 1 aliphatic heterocycles. The summed E-state index contributed by atoms with van der Waals surface area (Å²) in [4.78, 5) is 26.2. The second-order valence-electron chi connectivity index (χ2n) is 6.97. The Bertz CT molecular complexity index is 789. The number of carbonyl (C=O) groups is 2. The Morgan fingerprint density at radius 3 is 2.70 bits per heavy atom. The van der Waals surface area contributed by atoms with Crippen LogP contribution in [0.25, 0.3) is 0 Å². The van der Waals surface area contributed by atoms with Crippen LogP contribution < -0.4 is 15.5 Å². The van der Waals surface area contributed by atoms with E-state index in [1.807, 2.05) is 48.2 Å². The third kappa shape index (κ3) is 5.33. The molecular formula is C22H27N3O2. The molecule has 1 fully saturated rings. The normalized spacial score (nSPS) is 14.1. The van der Waals surface area contributed by atoms with Crippen LogP contribution in [0.2, 0.25) is 0 Å². The maximum absolute atomic E-state index is 12.2. The predicted octanol–water partition coefficient (Wildman–Crippen LogP) is 4.27. The van der Waals surface area contributed by atoms with Crippen LogP contribution in [-0.2, 0) is 11.2 Å². The lowest BCUT2D eigenvalue weighted by Crippen LogP contribution is -2.35. The topological polar surface area (TPSA) is 61.4 Å². The van der Waals surface area contributed by atoms with Gasteiger partial charge in [0.25, 0.3) is 0 Å². The van der Waals surface area contributed by atoms with Gasteiger partial charge in [-0.3, -0.25) is 4.79 Å². The molecule has 0 radical (unpaired) electrons. The molecule has 27 heavy (non-hydrogen) atoms. The second-order valence-corrected chi connectivity index (χ2v) is 6.97.